The third kappa shape index (κ3) is 5.96. The highest BCUT2D eigenvalue weighted by Gasteiger charge is 2.14. The molecule has 0 bridgehead atoms. The smallest absolute Gasteiger partial charge is 0.220 e. The summed E-state index contributed by atoms with van der Waals surface area (Å²) < 4.78 is 0. The van der Waals surface area contributed by atoms with Crippen molar-refractivity contribution in [3.63, 3.8) is 0 Å². The molecule has 1 amide bonds. The summed E-state index contributed by atoms with van der Waals surface area (Å²) in [6, 6.07) is -0.665. The number of hydrogen-bond donors (Lipinski definition) is 2. The first-order valence-corrected chi connectivity index (χ1v) is 4.87. The van der Waals surface area contributed by atoms with Crippen molar-refractivity contribution in [1.82, 2.24) is 5.32 Å². The largest absolute Gasteiger partial charge is 0.354 e. The Hall–Kier alpha value is -1.23. The van der Waals surface area contributed by atoms with Crippen molar-refractivity contribution in [3.8, 4) is 0 Å². The van der Waals surface area contributed by atoms with Crippen LogP contribution >= 0.6 is 0 Å². The Morgan fingerprint density at radius 1 is 1.20 bits per heavy atom. The first-order chi connectivity index (χ1) is 6.84. The van der Waals surface area contributed by atoms with E-state index in [0.717, 1.165) is 0 Å². The van der Waals surface area contributed by atoms with Crippen LogP contribution in [0.25, 0.3) is 0 Å². The van der Waals surface area contributed by atoms with Crippen molar-refractivity contribution >= 4 is 17.5 Å². The van der Waals surface area contributed by atoms with Crippen LogP contribution in [0.15, 0.2) is 0 Å². The minimum atomic E-state index is -0.665. The summed E-state index contributed by atoms with van der Waals surface area (Å²) in [5.41, 5.74) is 5.42. The summed E-state index contributed by atoms with van der Waals surface area (Å²) in [5.74, 6) is -0.746. The van der Waals surface area contributed by atoms with Gasteiger partial charge in [-0.05, 0) is 13.8 Å². The van der Waals surface area contributed by atoms with Gasteiger partial charge in [-0.25, -0.2) is 0 Å². The lowest BCUT2D eigenvalue weighted by atomic mass is 10.0. The quantitative estimate of drug-likeness (QED) is 0.631. The maximum Gasteiger partial charge on any atom is 0.220 e. The van der Waals surface area contributed by atoms with Crippen LogP contribution in [-0.4, -0.2) is 30.1 Å². The third-order valence-corrected chi connectivity index (χ3v) is 2.23. The Kier molecular flexibility index (Phi) is 5.77. The fraction of sp³-hybridized carbons (Fsp3) is 0.700. The van der Waals surface area contributed by atoms with Gasteiger partial charge in [-0.3, -0.25) is 14.4 Å². The zero-order valence-corrected chi connectivity index (χ0v) is 9.37. The van der Waals surface area contributed by atoms with Gasteiger partial charge in [-0.2, -0.15) is 0 Å². The van der Waals surface area contributed by atoms with Crippen molar-refractivity contribution in [1.29, 1.82) is 0 Å². The Balaban J connectivity index is 3.85. The molecule has 0 saturated carbocycles. The van der Waals surface area contributed by atoms with E-state index in [1.807, 2.05) is 0 Å². The molecule has 0 rings (SSSR count). The Morgan fingerprint density at radius 3 is 2.13 bits per heavy atom. The molecular weight excluding hydrogens is 196 g/mol. The molecule has 3 N–H and O–H groups in total. The second-order valence-electron chi connectivity index (χ2n) is 3.74. The molecule has 0 aliphatic heterocycles. The monoisotopic (exact) mass is 214 g/mol. The number of carbonyl (C=O) groups is 3. The van der Waals surface area contributed by atoms with Gasteiger partial charge in [-0.15, -0.1) is 0 Å². The van der Waals surface area contributed by atoms with Crippen LogP contribution in [0.1, 0.15) is 27.2 Å². The maximum atomic E-state index is 11.3. The number of rotatable bonds is 6. The third-order valence-electron chi connectivity index (χ3n) is 2.23. The SMILES string of the molecule is CC(=O)C(C)CC(=O)NCC(N)C(C)=O. The standard InChI is InChI=1S/C10H18N2O3/c1-6(7(2)13)4-10(15)12-5-9(11)8(3)14/h6,9H,4-5,11H2,1-3H3,(H,12,15). The highest BCUT2D eigenvalue weighted by Crippen LogP contribution is 2.02. The molecule has 0 heterocycles. The summed E-state index contributed by atoms with van der Waals surface area (Å²) in [6.07, 6.45) is 0.139. The van der Waals surface area contributed by atoms with Crippen molar-refractivity contribution < 1.29 is 14.4 Å². The van der Waals surface area contributed by atoms with Gasteiger partial charge in [-0.1, -0.05) is 6.92 Å². The average Bonchev–Trinajstić information content (AvgIpc) is 2.13. The number of amides is 1. The van der Waals surface area contributed by atoms with Crippen molar-refractivity contribution in [2.24, 2.45) is 11.7 Å². The zero-order valence-electron chi connectivity index (χ0n) is 9.37. The molecule has 0 radical (unpaired) electrons. The van der Waals surface area contributed by atoms with E-state index in [9.17, 15) is 14.4 Å². The number of carbonyl (C=O) groups excluding carboxylic acids is 3. The van der Waals surface area contributed by atoms with E-state index in [1.165, 1.54) is 13.8 Å². The van der Waals surface area contributed by atoms with E-state index in [4.69, 9.17) is 5.73 Å². The molecule has 0 aliphatic carbocycles. The van der Waals surface area contributed by atoms with Gasteiger partial charge >= 0.3 is 0 Å². The van der Waals surface area contributed by atoms with Crippen molar-refractivity contribution in [2.45, 2.75) is 33.2 Å². The highest BCUT2D eigenvalue weighted by molar-refractivity contribution is 5.86. The molecule has 5 heteroatoms. The van der Waals surface area contributed by atoms with Gasteiger partial charge in [0.2, 0.25) is 5.91 Å². The van der Waals surface area contributed by atoms with Gasteiger partial charge in [0.15, 0.2) is 0 Å². The average molecular weight is 214 g/mol. The van der Waals surface area contributed by atoms with E-state index in [2.05, 4.69) is 5.32 Å². The van der Waals surface area contributed by atoms with E-state index in [1.54, 1.807) is 6.92 Å². The molecule has 5 nitrogen and oxygen atoms in total. The predicted octanol–water partition coefficient (Wildman–Crippen LogP) is -0.366. The number of hydrogen-bond acceptors (Lipinski definition) is 4. The summed E-state index contributed by atoms with van der Waals surface area (Å²) in [6.45, 7) is 4.62. The number of Topliss-reactive ketones (excluding diaryl/α,β-unsaturated/α-hetero) is 2. The van der Waals surface area contributed by atoms with Crippen LogP contribution in [0, 0.1) is 5.92 Å². The predicted molar refractivity (Wildman–Crippen MR) is 56.1 cm³/mol. The number of nitrogens with one attached hydrogen (secondary N) is 1. The molecule has 0 aromatic carbocycles. The fourth-order valence-corrected chi connectivity index (χ4v) is 0.862. The topological polar surface area (TPSA) is 89.3 Å². The van der Waals surface area contributed by atoms with E-state index >= 15 is 0 Å². The second-order valence-corrected chi connectivity index (χ2v) is 3.74. The summed E-state index contributed by atoms with van der Waals surface area (Å²) in [7, 11) is 0. The van der Waals surface area contributed by atoms with Crippen LogP contribution in [0.2, 0.25) is 0 Å². The van der Waals surface area contributed by atoms with E-state index in [-0.39, 0.29) is 36.4 Å². The molecule has 0 spiro atoms. The Morgan fingerprint density at radius 2 is 1.73 bits per heavy atom. The van der Waals surface area contributed by atoms with E-state index < -0.39 is 6.04 Å². The van der Waals surface area contributed by atoms with Gasteiger partial charge in [0, 0.05) is 18.9 Å². The number of nitrogens with two attached hydrogens (primary N) is 1. The van der Waals surface area contributed by atoms with Crippen LogP contribution in [0.4, 0.5) is 0 Å². The Bertz CT molecular complexity index is 263. The maximum absolute atomic E-state index is 11.3. The van der Waals surface area contributed by atoms with Gasteiger partial charge < -0.3 is 11.1 Å². The molecule has 2 unspecified atom stereocenters. The number of ketones is 2. The van der Waals surface area contributed by atoms with Gasteiger partial charge in [0.1, 0.15) is 11.6 Å². The van der Waals surface area contributed by atoms with E-state index in [0.29, 0.717) is 0 Å². The first-order valence-electron chi connectivity index (χ1n) is 4.87. The van der Waals surface area contributed by atoms with Gasteiger partial charge in [0.25, 0.3) is 0 Å². The highest BCUT2D eigenvalue weighted by atomic mass is 16.2. The molecule has 86 valence electrons. The lowest BCUT2D eigenvalue weighted by molar-refractivity contribution is -0.127. The lowest BCUT2D eigenvalue weighted by Crippen LogP contribution is -2.42. The minimum absolute atomic E-state index is 0.0268. The van der Waals surface area contributed by atoms with Gasteiger partial charge in [0.05, 0.1) is 6.04 Å². The summed E-state index contributed by atoms with van der Waals surface area (Å²) in [4.78, 5) is 32.9. The normalized spacial score (nSPS) is 14.1. The van der Waals surface area contributed by atoms with Crippen molar-refractivity contribution in [3.05, 3.63) is 0 Å². The van der Waals surface area contributed by atoms with Crippen LogP contribution in [0.3, 0.4) is 0 Å². The molecule has 0 fully saturated rings. The Labute approximate surface area is 89.4 Å². The van der Waals surface area contributed by atoms with Crippen LogP contribution in [0.5, 0.6) is 0 Å². The molecule has 0 saturated heterocycles. The van der Waals surface area contributed by atoms with Crippen molar-refractivity contribution in [2.75, 3.05) is 6.54 Å². The van der Waals surface area contributed by atoms with Crippen LogP contribution < -0.4 is 11.1 Å². The zero-order chi connectivity index (χ0) is 12.0. The summed E-state index contributed by atoms with van der Waals surface area (Å²) in [5, 5.41) is 2.51. The van der Waals surface area contributed by atoms with Crippen LogP contribution in [-0.2, 0) is 14.4 Å². The molecule has 0 aliphatic rings. The second kappa shape index (κ2) is 6.29. The first kappa shape index (κ1) is 13.8. The molecular formula is C10H18N2O3. The summed E-state index contributed by atoms with van der Waals surface area (Å²) >= 11 is 0. The minimum Gasteiger partial charge on any atom is -0.354 e. The molecule has 0 aromatic heterocycles. The molecule has 15 heavy (non-hydrogen) atoms. The fourth-order valence-electron chi connectivity index (χ4n) is 0.862. The molecule has 2 atom stereocenters. The molecule has 0 aromatic rings. The lowest BCUT2D eigenvalue weighted by Gasteiger charge is -2.11.